The number of amides is 1. The summed E-state index contributed by atoms with van der Waals surface area (Å²) in [6.07, 6.45) is 9.24. The van der Waals surface area contributed by atoms with Gasteiger partial charge in [-0.3, -0.25) is 4.79 Å². The Labute approximate surface area is 131 Å². The van der Waals surface area contributed by atoms with Crippen LogP contribution < -0.4 is 0 Å². The zero-order chi connectivity index (χ0) is 15.9. The third-order valence-electron chi connectivity index (χ3n) is 4.71. The molecule has 1 rings (SSSR count). The fraction of sp³-hybridized carbons (Fsp3) is 0.824. The molecule has 1 aliphatic heterocycles. The van der Waals surface area contributed by atoms with Crippen LogP contribution in [0, 0.1) is 0 Å². The molecule has 1 saturated heterocycles. The van der Waals surface area contributed by atoms with Crippen molar-refractivity contribution >= 4 is 14.2 Å². The van der Waals surface area contributed by atoms with E-state index in [2.05, 4.69) is 33.9 Å². The van der Waals surface area contributed by atoms with Gasteiger partial charge in [-0.05, 0) is 56.3 Å². The van der Waals surface area contributed by atoms with Gasteiger partial charge in [0.2, 0.25) is 5.91 Å². The van der Waals surface area contributed by atoms with Crippen molar-refractivity contribution < 1.29 is 9.22 Å². The molecule has 0 spiro atoms. The fourth-order valence-corrected chi connectivity index (χ4v) is 3.24. The molecule has 1 fully saturated rings. The Balaban J connectivity index is 2.19. The fourth-order valence-electron chi connectivity index (χ4n) is 2.15. The number of piperidine rings is 1. The standard InChI is InChI=1S/C17H33NO2Si/c1-17(2,3)21(4,5)20-15-11-6-8-12-16(19)18-13-9-7-10-14-18/h8,12H,6-7,9-11,13-15H2,1-5H3/b12-8+. The van der Waals surface area contributed by atoms with E-state index >= 15 is 0 Å². The Hall–Kier alpha value is -0.613. The van der Waals surface area contributed by atoms with E-state index in [1.807, 2.05) is 11.0 Å². The van der Waals surface area contributed by atoms with Crippen LogP contribution in [-0.4, -0.2) is 38.8 Å². The summed E-state index contributed by atoms with van der Waals surface area (Å²) in [5.41, 5.74) is 0. The molecule has 0 bridgehead atoms. The minimum Gasteiger partial charge on any atom is -0.417 e. The van der Waals surface area contributed by atoms with E-state index in [9.17, 15) is 4.79 Å². The highest BCUT2D eigenvalue weighted by Crippen LogP contribution is 2.36. The van der Waals surface area contributed by atoms with Crippen LogP contribution in [0.25, 0.3) is 0 Å². The van der Waals surface area contributed by atoms with E-state index in [4.69, 9.17) is 4.43 Å². The summed E-state index contributed by atoms with van der Waals surface area (Å²) in [6.45, 7) is 14.0. The maximum Gasteiger partial charge on any atom is 0.246 e. The second-order valence-electron chi connectivity index (χ2n) is 7.54. The molecule has 1 aliphatic rings. The summed E-state index contributed by atoms with van der Waals surface area (Å²) in [5, 5.41) is 0.271. The van der Waals surface area contributed by atoms with Crippen LogP contribution in [0.2, 0.25) is 18.1 Å². The van der Waals surface area contributed by atoms with E-state index in [0.717, 1.165) is 45.4 Å². The molecule has 0 aromatic carbocycles. The predicted octanol–water partition coefficient (Wildman–Crippen LogP) is 4.36. The lowest BCUT2D eigenvalue weighted by atomic mass is 10.1. The van der Waals surface area contributed by atoms with Crippen molar-refractivity contribution in [2.75, 3.05) is 19.7 Å². The van der Waals surface area contributed by atoms with E-state index in [-0.39, 0.29) is 10.9 Å². The molecule has 0 aromatic heterocycles. The van der Waals surface area contributed by atoms with Gasteiger partial charge in [-0.2, -0.15) is 0 Å². The first kappa shape index (κ1) is 18.4. The topological polar surface area (TPSA) is 29.5 Å². The van der Waals surface area contributed by atoms with Gasteiger partial charge in [-0.25, -0.2) is 0 Å². The van der Waals surface area contributed by atoms with Crippen LogP contribution in [-0.2, 0) is 9.22 Å². The highest BCUT2D eigenvalue weighted by Gasteiger charge is 2.36. The van der Waals surface area contributed by atoms with Gasteiger partial charge < -0.3 is 9.33 Å². The summed E-state index contributed by atoms with van der Waals surface area (Å²) in [4.78, 5) is 13.9. The maximum atomic E-state index is 11.9. The molecule has 21 heavy (non-hydrogen) atoms. The molecule has 1 amide bonds. The minimum absolute atomic E-state index is 0.181. The summed E-state index contributed by atoms with van der Waals surface area (Å²) >= 11 is 0. The largest absolute Gasteiger partial charge is 0.417 e. The molecule has 0 aromatic rings. The molecule has 0 aliphatic carbocycles. The molecule has 0 N–H and O–H groups in total. The zero-order valence-corrected chi connectivity index (χ0v) is 15.6. The monoisotopic (exact) mass is 311 g/mol. The smallest absolute Gasteiger partial charge is 0.246 e. The summed E-state index contributed by atoms with van der Waals surface area (Å²) in [6, 6.07) is 0. The number of nitrogens with zero attached hydrogens (tertiary/aromatic N) is 1. The van der Waals surface area contributed by atoms with Crippen LogP contribution in [0.5, 0.6) is 0 Å². The van der Waals surface area contributed by atoms with Gasteiger partial charge in [0.25, 0.3) is 0 Å². The number of rotatable bonds is 6. The SMILES string of the molecule is CC(C)(C)[Si](C)(C)OCCC/C=C/C(=O)N1CCCCC1. The van der Waals surface area contributed by atoms with Crippen LogP contribution in [0.3, 0.4) is 0 Å². The molecule has 0 radical (unpaired) electrons. The number of unbranched alkanes of at least 4 members (excludes halogenated alkanes) is 1. The number of allylic oxidation sites excluding steroid dienone is 1. The number of carbonyl (C=O) groups excluding carboxylic acids is 1. The molecule has 0 unspecified atom stereocenters. The lowest BCUT2D eigenvalue weighted by molar-refractivity contribution is -0.126. The van der Waals surface area contributed by atoms with Gasteiger partial charge in [0.15, 0.2) is 8.32 Å². The van der Waals surface area contributed by atoms with Crippen molar-refractivity contribution in [3.63, 3.8) is 0 Å². The third kappa shape index (κ3) is 6.35. The molecule has 0 saturated carbocycles. The lowest BCUT2D eigenvalue weighted by Gasteiger charge is -2.36. The average Bonchev–Trinajstić information content (AvgIpc) is 2.42. The summed E-state index contributed by atoms with van der Waals surface area (Å²) < 4.78 is 6.13. The van der Waals surface area contributed by atoms with Gasteiger partial charge in [-0.15, -0.1) is 0 Å². The van der Waals surface area contributed by atoms with Crippen molar-refractivity contribution in [2.24, 2.45) is 0 Å². The minimum atomic E-state index is -1.61. The second-order valence-corrected chi connectivity index (χ2v) is 12.3. The Bertz CT molecular complexity index is 352. The van der Waals surface area contributed by atoms with Crippen molar-refractivity contribution in [3.8, 4) is 0 Å². The highest BCUT2D eigenvalue weighted by atomic mass is 28.4. The average molecular weight is 312 g/mol. The van der Waals surface area contributed by atoms with E-state index < -0.39 is 8.32 Å². The molecule has 1 heterocycles. The van der Waals surface area contributed by atoms with Gasteiger partial charge in [0.05, 0.1) is 0 Å². The summed E-state index contributed by atoms with van der Waals surface area (Å²) in [7, 11) is -1.61. The van der Waals surface area contributed by atoms with Gasteiger partial charge in [-0.1, -0.05) is 26.8 Å². The third-order valence-corrected chi connectivity index (χ3v) is 9.25. The van der Waals surface area contributed by atoms with E-state index in [1.165, 1.54) is 6.42 Å². The van der Waals surface area contributed by atoms with Crippen LogP contribution in [0.1, 0.15) is 52.9 Å². The van der Waals surface area contributed by atoms with Crippen LogP contribution in [0.15, 0.2) is 12.2 Å². The van der Waals surface area contributed by atoms with E-state index in [0.29, 0.717) is 0 Å². The van der Waals surface area contributed by atoms with Crippen LogP contribution in [0.4, 0.5) is 0 Å². The number of hydrogen-bond acceptors (Lipinski definition) is 2. The van der Waals surface area contributed by atoms with Crippen molar-refractivity contribution in [1.29, 1.82) is 0 Å². The first-order valence-corrected chi connectivity index (χ1v) is 11.2. The van der Waals surface area contributed by atoms with Crippen LogP contribution >= 0.6 is 0 Å². The molecule has 122 valence electrons. The number of hydrogen-bond donors (Lipinski definition) is 0. The number of likely N-dealkylation sites (tertiary alicyclic amines) is 1. The number of carbonyl (C=O) groups is 1. The first-order chi connectivity index (χ1) is 9.74. The van der Waals surface area contributed by atoms with Gasteiger partial charge in [0, 0.05) is 19.7 Å². The predicted molar refractivity (Wildman–Crippen MR) is 92.0 cm³/mol. The molecular formula is C17H33NO2Si. The van der Waals surface area contributed by atoms with Crippen molar-refractivity contribution in [2.45, 2.75) is 71.0 Å². The molecule has 4 heteroatoms. The highest BCUT2D eigenvalue weighted by molar-refractivity contribution is 6.74. The lowest BCUT2D eigenvalue weighted by Crippen LogP contribution is -2.40. The molecule has 3 nitrogen and oxygen atoms in total. The second kappa shape index (κ2) is 8.13. The Morgan fingerprint density at radius 1 is 1.19 bits per heavy atom. The Morgan fingerprint density at radius 3 is 2.38 bits per heavy atom. The summed E-state index contributed by atoms with van der Waals surface area (Å²) in [5.74, 6) is 0.181. The Kier molecular flexibility index (Phi) is 7.14. The van der Waals surface area contributed by atoms with Crippen molar-refractivity contribution in [3.05, 3.63) is 12.2 Å². The Morgan fingerprint density at radius 2 is 1.81 bits per heavy atom. The molecular weight excluding hydrogens is 278 g/mol. The quantitative estimate of drug-likeness (QED) is 0.414. The van der Waals surface area contributed by atoms with Gasteiger partial charge in [0.1, 0.15) is 0 Å². The maximum absolute atomic E-state index is 11.9. The first-order valence-electron chi connectivity index (χ1n) is 8.33. The van der Waals surface area contributed by atoms with Gasteiger partial charge >= 0.3 is 0 Å². The molecule has 0 atom stereocenters. The zero-order valence-electron chi connectivity index (χ0n) is 14.6. The van der Waals surface area contributed by atoms with E-state index in [1.54, 1.807) is 6.08 Å². The normalized spacial score (nSPS) is 17.5. The van der Waals surface area contributed by atoms with Crippen molar-refractivity contribution in [1.82, 2.24) is 4.90 Å².